The Morgan fingerprint density at radius 1 is 1.38 bits per heavy atom. The van der Waals surface area contributed by atoms with Gasteiger partial charge < -0.3 is 15.0 Å². The SMILES string of the molecule is COc1cc(NC(=O)C2CC(=O)N(c3cccc(F)c3)C2)ncn1. The van der Waals surface area contributed by atoms with Gasteiger partial charge in [-0.2, -0.15) is 0 Å². The number of amides is 2. The zero-order valence-electron chi connectivity index (χ0n) is 12.9. The van der Waals surface area contributed by atoms with E-state index >= 15 is 0 Å². The molecule has 1 aliphatic rings. The average molecular weight is 330 g/mol. The lowest BCUT2D eigenvalue weighted by Crippen LogP contribution is -2.28. The minimum Gasteiger partial charge on any atom is -0.481 e. The number of aromatic nitrogens is 2. The Hall–Kier alpha value is -3.03. The third-order valence-corrected chi connectivity index (χ3v) is 3.72. The lowest BCUT2D eigenvalue weighted by Gasteiger charge is -2.16. The lowest BCUT2D eigenvalue weighted by atomic mass is 10.1. The zero-order chi connectivity index (χ0) is 17.1. The number of hydrogen-bond donors (Lipinski definition) is 1. The standard InChI is InChI=1S/C16H15FN4O3/c1-24-14-7-13(18-9-19-14)20-16(23)10-5-15(22)21(8-10)12-4-2-3-11(17)6-12/h2-4,6-7,9-10H,5,8H2,1H3,(H,18,19,20,23). The van der Waals surface area contributed by atoms with Gasteiger partial charge in [-0.1, -0.05) is 6.07 Å². The van der Waals surface area contributed by atoms with Crippen LogP contribution in [0.15, 0.2) is 36.7 Å². The number of anilines is 2. The summed E-state index contributed by atoms with van der Waals surface area (Å²) in [5.41, 5.74) is 0.444. The summed E-state index contributed by atoms with van der Waals surface area (Å²) in [7, 11) is 1.46. The van der Waals surface area contributed by atoms with E-state index in [1.807, 2.05) is 0 Å². The Morgan fingerprint density at radius 3 is 2.96 bits per heavy atom. The number of hydrogen-bond acceptors (Lipinski definition) is 5. The lowest BCUT2D eigenvalue weighted by molar-refractivity contribution is -0.122. The van der Waals surface area contributed by atoms with Crippen LogP contribution in [0.4, 0.5) is 15.9 Å². The Kier molecular flexibility index (Phi) is 4.37. The van der Waals surface area contributed by atoms with E-state index in [0.29, 0.717) is 17.4 Å². The number of nitrogens with one attached hydrogen (secondary N) is 1. The summed E-state index contributed by atoms with van der Waals surface area (Å²) in [4.78, 5) is 33.7. The van der Waals surface area contributed by atoms with Crippen molar-refractivity contribution in [3.05, 3.63) is 42.5 Å². The molecule has 1 aromatic heterocycles. The van der Waals surface area contributed by atoms with Gasteiger partial charge in [-0.15, -0.1) is 0 Å². The van der Waals surface area contributed by atoms with Gasteiger partial charge in [-0.25, -0.2) is 14.4 Å². The molecule has 1 atom stereocenters. The maximum absolute atomic E-state index is 13.3. The number of rotatable bonds is 4. The molecule has 124 valence electrons. The van der Waals surface area contributed by atoms with E-state index in [2.05, 4.69) is 15.3 Å². The van der Waals surface area contributed by atoms with Crippen LogP contribution in [0, 0.1) is 11.7 Å². The van der Waals surface area contributed by atoms with Crippen LogP contribution < -0.4 is 15.0 Å². The van der Waals surface area contributed by atoms with E-state index in [-0.39, 0.29) is 24.8 Å². The van der Waals surface area contributed by atoms with E-state index in [1.54, 1.807) is 6.07 Å². The fourth-order valence-corrected chi connectivity index (χ4v) is 2.52. The molecular formula is C16H15FN4O3. The highest BCUT2D eigenvalue weighted by atomic mass is 19.1. The van der Waals surface area contributed by atoms with Crippen LogP contribution in [-0.2, 0) is 9.59 Å². The van der Waals surface area contributed by atoms with E-state index in [1.165, 1.54) is 42.6 Å². The van der Waals surface area contributed by atoms with Gasteiger partial charge in [0.1, 0.15) is 18.0 Å². The van der Waals surface area contributed by atoms with Gasteiger partial charge in [0.15, 0.2) is 0 Å². The van der Waals surface area contributed by atoms with Crippen molar-refractivity contribution in [3.63, 3.8) is 0 Å². The highest BCUT2D eigenvalue weighted by Crippen LogP contribution is 2.26. The van der Waals surface area contributed by atoms with Crippen molar-refractivity contribution < 1.29 is 18.7 Å². The first kappa shape index (κ1) is 15.9. The highest BCUT2D eigenvalue weighted by molar-refractivity contribution is 6.03. The number of halogens is 1. The summed E-state index contributed by atoms with van der Waals surface area (Å²) < 4.78 is 18.3. The second-order valence-corrected chi connectivity index (χ2v) is 5.32. The summed E-state index contributed by atoms with van der Waals surface area (Å²) in [6.07, 6.45) is 1.33. The van der Waals surface area contributed by atoms with Crippen LogP contribution in [0.5, 0.6) is 5.88 Å². The first-order valence-electron chi connectivity index (χ1n) is 7.29. The second-order valence-electron chi connectivity index (χ2n) is 5.32. The van der Waals surface area contributed by atoms with Gasteiger partial charge in [0.25, 0.3) is 0 Å². The van der Waals surface area contributed by atoms with Crippen LogP contribution >= 0.6 is 0 Å². The van der Waals surface area contributed by atoms with Gasteiger partial charge in [0, 0.05) is 24.7 Å². The largest absolute Gasteiger partial charge is 0.481 e. The average Bonchev–Trinajstić information content (AvgIpc) is 2.97. The fourth-order valence-electron chi connectivity index (χ4n) is 2.52. The van der Waals surface area contributed by atoms with Gasteiger partial charge in [0.2, 0.25) is 17.7 Å². The molecular weight excluding hydrogens is 315 g/mol. The van der Waals surface area contributed by atoms with E-state index in [0.717, 1.165) is 0 Å². The number of methoxy groups -OCH3 is 1. The maximum Gasteiger partial charge on any atom is 0.230 e. The van der Waals surface area contributed by atoms with Gasteiger partial charge >= 0.3 is 0 Å². The molecule has 1 unspecified atom stereocenters. The molecule has 7 nitrogen and oxygen atoms in total. The predicted molar refractivity (Wildman–Crippen MR) is 84.1 cm³/mol. The van der Waals surface area contributed by atoms with Gasteiger partial charge in [-0.05, 0) is 18.2 Å². The van der Waals surface area contributed by atoms with Crippen LogP contribution in [0.3, 0.4) is 0 Å². The molecule has 1 fully saturated rings. The molecule has 0 radical (unpaired) electrons. The molecule has 1 aromatic carbocycles. The monoisotopic (exact) mass is 330 g/mol. The van der Waals surface area contributed by atoms with Crippen molar-refractivity contribution >= 4 is 23.3 Å². The molecule has 2 aromatic rings. The molecule has 3 rings (SSSR count). The smallest absolute Gasteiger partial charge is 0.230 e. The molecule has 0 spiro atoms. The number of carbonyl (C=O) groups is 2. The van der Waals surface area contributed by atoms with Crippen LogP contribution in [0.1, 0.15) is 6.42 Å². The summed E-state index contributed by atoms with van der Waals surface area (Å²) in [6.45, 7) is 0.191. The van der Waals surface area contributed by atoms with Crippen molar-refractivity contribution in [2.24, 2.45) is 5.92 Å². The van der Waals surface area contributed by atoms with Gasteiger partial charge in [0.05, 0.1) is 13.0 Å². The summed E-state index contributed by atoms with van der Waals surface area (Å²) in [5, 5.41) is 2.64. The first-order valence-corrected chi connectivity index (χ1v) is 7.29. The summed E-state index contributed by atoms with van der Waals surface area (Å²) in [5.74, 6) is -0.903. The summed E-state index contributed by atoms with van der Waals surface area (Å²) in [6, 6.07) is 7.22. The highest BCUT2D eigenvalue weighted by Gasteiger charge is 2.35. The molecule has 2 amide bonds. The number of carbonyl (C=O) groups excluding carboxylic acids is 2. The molecule has 2 heterocycles. The van der Waals surface area contributed by atoms with Crippen LogP contribution in [0.2, 0.25) is 0 Å². The first-order chi connectivity index (χ1) is 11.6. The minimum atomic E-state index is -0.540. The minimum absolute atomic E-state index is 0.0601. The Balaban J connectivity index is 1.69. The molecule has 24 heavy (non-hydrogen) atoms. The molecule has 0 aliphatic carbocycles. The second kappa shape index (κ2) is 6.61. The molecule has 1 saturated heterocycles. The molecule has 1 aliphatic heterocycles. The van der Waals surface area contributed by atoms with Crippen molar-refractivity contribution in [2.75, 3.05) is 23.9 Å². The number of nitrogens with zero attached hydrogens (tertiary/aromatic N) is 3. The Bertz CT molecular complexity index is 783. The van der Waals surface area contributed by atoms with Crippen molar-refractivity contribution in [3.8, 4) is 5.88 Å². The Morgan fingerprint density at radius 2 is 2.21 bits per heavy atom. The normalized spacial score (nSPS) is 17.0. The maximum atomic E-state index is 13.3. The van der Waals surface area contributed by atoms with Crippen molar-refractivity contribution in [1.82, 2.24) is 9.97 Å². The summed E-state index contributed by atoms with van der Waals surface area (Å²) >= 11 is 0. The molecule has 8 heteroatoms. The van der Waals surface area contributed by atoms with E-state index < -0.39 is 11.7 Å². The molecule has 1 N–H and O–H groups in total. The topological polar surface area (TPSA) is 84.4 Å². The fraction of sp³-hybridized carbons (Fsp3) is 0.250. The van der Waals surface area contributed by atoms with Crippen LogP contribution in [0.25, 0.3) is 0 Å². The van der Waals surface area contributed by atoms with E-state index in [9.17, 15) is 14.0 Å². The Labute approximate surface area is 137 Å². The molecule has 0 bridgehead atoms. The number of ether oxygens (including phenoxy) is 1. The van der Waals surface area contributed by atoms with Crippen LogP contribution in [-0.4, -0.2) is 35.4 Å². The predicted octanol–water partition coefficient (Wildman–Crippen LogP) is 1.62. The van der Waals surface area contributed by atoms with E-state index in [4.69, 9.17) is 4.74 Å². The van der Waals surface area contributed by atoms with Crippen molar-refractivity contribution in [2.45, 2.75) is 6.42 Å². The molecule has 0 saturated carbocycles. The van der Waals surface area contributed by atoms with Crippen molar-refractivity contribution in [1.29, 1.82) is 0 Å². The number of benzene rings is 1. The third kappa shape index (κ3) is 3.32. The third-order valence-electron chi connectivity index (χ3n) is 3.72. The van der Waals surface area contributed by atoms with Gasteiger partial charge in [-0.3, -0.25) is 9.59 Å². The quantitative estimate of drug-likeness (QED) is 0.921. The zero-order valence-corrected chi connectivity index (χ0v) is 12.9.